The molecule has 1 saturated heterocycles. The van der Waals surface area contributed by atoms with Gasteiger partial charge in [-0.05, 0) is 67.7 Å². The topological polar surface area (TPSA) is 143 Å². The van der Waals surface area contributed by atoms with Crippen molar-refractivity contribution < 1.29 is 9.59 Å². The zero-order chi connectivity index (χ0) is 28.8. The smallest absolute Gasteiger partial charge is 0.264 e. The van der Waals surface area contributed by atoms with E-state index < -0.39 is 0 Å². The second kappa shape index (κ2) is 10.4. The van der Waals surface area contributed by atoms with Gasteiger partial charge in [-0.2, -0.15) is 10.4 Å². The van der Waals surface area contributed by atoms with E-state index in [0.29, 0.717) is 59.0 Å². The average molecular weight is 559 g/mol. The average Bonchev–Trinajstić information content (AvgIpc) is 3.41. The van der Waals surface area contributed by atoms with Crippen LogP contribution < -0.4 is 11.1 Å². The summed E-state index contributed by atoms with van der Waals surface area (Å²) in [6.45, 7) is 1.30. The van der Waals surface area contributed by atoms with Crippen molar-refractivity contribution in [1.82, 2.24) is 24.6 Å². The fourth-order valence-corrected chi connectivity index (χ4v) is 6.42. The Bertz CT molecular complexity index is 1740. The lowest BCUT2D eigenvalue weighted by molar-refractivity contribution is -0.126. The van der Waals surface area contributed by atoms with Gasteiger partial charge in [-0.3, -0.25) is 9.59 Å². The molecule has 7 rings (SSSR count). The van der Waals surface area contributed by atoms with E-state index in [1.54, 1.807) is 12.1 Å². The molecule has 2 aromatic heterocycles. The van der Waals surface area contributed by atoms with Gasteiger partial charge in [0.25, 0.3) is 11.8 Å². The summed E-state index contributed by atoms with van der Waals surface area (Å²) in [5.41, 5.74) is 10.1. The first kappa shape index (κ1) is 25.9. The van der Waals surface area contributed by atoms with Crippen molar-refractivity contribution in [3.05, 3.63) is 78.1 Å². The van der Waals surface area contributed by atoms with Crippen LogP contribution in [0.4, 0.5) is 11.5 Å². The van der Waals surface area contributed by atoms with E-state index in [-0.39, 0.29) is 23.4 Å². The molecule has 10 heteroatoms. The Hall–Kier alpha value is -5.04. The summed E-state index contributed by atoms with van der Waals surface area (Å²) in [6.07, 6.45) is 7.16. The summed E-state index contributed by atoms with van der Waals surface area (Å²) >= 11 is 0. The molecule has 1 aliphatic heterocycles. The van der Waals surface area contributed by atoms with Gasteiger partial charge < -0.3 is 16.0 Å². The number of rotatable bonds is 6. The number of amides is 2. The van der Waals surface area contributed by atoms with Crippen molar-refractivity contribution in [2.45, 2.75) is 31.7 Å². The van der Waals surface area contributed by atoms with Gasteiger partial charge in [-0.15, -0.1) is 0 Å². The number of carbonyl (C=O) groups is 2. The molecule has 3 fully saturated rings. The second-order valence-corrected chi connectivity index (χ2v) is 11.5. The van der Waals surface area contributed by atoms with Gasteiger partial charge in [-0.25, -0.2) is 14.6 Å². The molecule has 210 valence electrons. The SMILES string of the molecule is N#C/C(=C/C1CC1)C(=O)N1CC2CC(n3nc(-c4ccc(C(=O)Nc5ccccc5)cc4)c4c(N)ncnc43)CC2C1. The van der Waals surface area contributed by atoms with Crippen LogP contribution in [0.2, 0.25) is 0 Å². The van der Waals surface area contributed by atoms with Crippen LogP contribution in [0.15, 0.2) is 72.6 Å². The number of nitrogens with zero attached hydrogens (tertiary/aromatic N) is 6. The standard InChI is InChI=1S/C32H30N8O2/c33-15-22(12-19-6-7-19)32(42)39-16-23-13-26(14-24(23)17-39)40-30-27(29(34)35-18-36-30)28(38-40)20-8-10-21(11-9-20)31(41)37-25-4-2-1-3-5-25/h1-5,8-12,18-19,23-24,26H,6-7,13-14,16-17H2,(H,37,41)(H2,34,35,36)/b22-12-. The molecule has 0 radical (unpaired) electrons. The van der Waals surface area contributed by atoms with E-state index in [1.165, 1.54) is 6.33 Å². The minimum atomic E-state index is -0.194. The number of nitrogens with two attached hydrogens (primary N) is 1. The number of benzene rings is 2. The van der Waals surface area contributed by atoms with Crippen molar-refractivity contribution in [1.29, 1.82) is 5.26 Å². The molecule has 4 aromatic rings. The fourth-order valence-electron chi connectivity index (χ4n) is 6.42. The number of hydrogen-bond donors (Lipinski definition) is 2. The summed E-state index contributed by atoms with van der Waals surface area (Å²) < 4.78 is 1.97. The highest BCUT2D eigenvalue weighted by Crippen LogP contribution is 2.46. The summed E-state index contributed by atoms with van der Waals surface area (Å²) in [6, 6.07) is 18.8. The van der Waals surface area contributed by atoms with Gasteiger partial charge in [-0.1, -0.05) is 36.4 Å². The normalized spacial score (nSPS) is 21.7. The molecule has 2 atom stereocenters. The quantitative estimate of drug-likeness (QED) is 0.260. The van der Waals surface area contributed by atoms with Crippen LogP contribution in [0.1, 0.15) is 42.1 Å². The molecule has 3 aliphatic rings. The van der Waals surface area contributed by atoms with E-state index in [1.807, 2.05) is 58.1 Å². The Labute approximate surface area is 242 Å². The number of carbonyl (C=O) groups excluding carboxylic acids is 2. The van der Waals surface area contributed by atoms with Crippen molar-refractivity contribution in [3.63, 3.8) is 0 Å². The molecule has 10 nitrogen and oxygen atoms in total. The van der Waals surface area contributed by atoms with E-state index in [9.17, 15) is 14.9 Å². The molecule has 3 N–H and O–H groups in total. The molecular formula is C32H30N8O2. The van der Waals surface area contributed by atoms with Crippen molar-refractivity contribution in [3.8, 4) is 17.3 Å². The highest BCUT2D eigenvalue weighted by molar-refractivity contribution is 6.05. The summed E-state index contributed by atoms with van der Waals surface area (Å²) in [5, 5.41) is 18.1. The lowest BCUT2D eigenvalue weighted by atomic mass is 10.0. The maximum absolute atomic E-state index is 13.0. The molecular weight excluding hydrogens is 528 g/mol. The van der Waals surface area contributed by atoms with Crippen LogP contribution in [0.3, 0.4) is 0 Å². The predicted molar refractivity (Wildman–Crippen MR) is 158 cm³/mol. The van der Waals surface area contributed by atoms with Gasteiger partial charge in [0, 0.05) is 29.9 Å². The number of aromatic nitrogens is 4. The number of nitriles is 1. The van der Waals surface area contributed by atoms with Crippen LogP contribution in [-0.4, -0.2) is 49.6 Å². The van der Waals surface area contributed by atoms with Crippen molar-refractivity contribution in [2.24, 2.45) is 17.8 Å². The Kier molecular flexibility index (Phi) is 6.42. The zero-order valence-corrected chi connectivity index (χ0v) is 23.0. The summed E-state index contributed by atoms with van der Waals surface area (Å²) in [5.74, 6) is 1.08. The number of likely N-dealkylation sites (tertiary alicyclic amines) is 1. The van der Waals surface area contributed by atoms with Gasteiger partial charge in [0.1, 0.15) is 29.5 Å². The molecule has 2 aromatic carbocycles. The van der Waals surface area contributed by atoms with E-state index in [2.05, 4.69) is 21.4 Å². The zero-order valence-electron chi connectivity index (χ0n) is 23.0. The molecule has 3 heterocycles. The highest BCUT2D eigenvalue weighted by atomic mass is 16.2. The number of fused-ring (bicyclic) bond motifs is 2. The maximum atomic E-state index is 13.0. The van der Waals surface area contributed by atoms with Crippen LogP contribution in [0.5, 0.6) is 0 Å². The van der Waals surface area contributed by atoms with Gasteiger partial charge in [0.15, 0.2) is 5.65 Å². The third kappa shape index (κ3) is 4.77. The number of para-hydroxylation sites is 1. The Morgan fingerprint density at radius 2 is 1.71 bits per heavy atom. The monoisotopic (exact) mass is 558 g/mol. The molecule has 0 spiro atoms. The molecule has 2 saturated carbocycles. The second-order valence-electron chi connectivity index (χ2n) is 11.5. The summed E-state index contributed by atoms with van der Waals surface area (Å²) in [4.78, 5) is 36.4. The van der Waals surface area contributed by atoms with E-state index in [0.717, 1.165) is 36.9 Å². The number of anilines is 2. The largest absolute Gasteiger partial charge is 0.383 e. The molecule has 42 heavy (non-hydrogen) atoms. The predicted octanol–water partition coefficient (Wildman–Crippen LogP) is 4.60. The van der Waals surface area contributed by atoms with Crippen LogP contribution in [-0.2, 0) is 4.79 Å². The number of allylic oxidation sites excluding steroid dienone is 1. The van der Waals surface area contributed by atoms with Gasteiger partial charge in [0.05, 0.1) is 11.4 Å². The minimum Gasteiger partial charge on any atom is -0.383 e. The minimum absolute atomic E-state index is 0.108. The Balaban J connectivity index is 1.11. The van der Waals surface area contributed by atoms with E-state index in [4.69, 9.17) is 10.8 Å². The van der Waals surface area contributed by atoms with E-state index >= 15 is 0 Å². The molecule has 2 unspecified atom stereocenters. The molecule has 0 bridgehead atoms. The fraction of sp³-hybridized carbons (Fsp3) is 0.312. The highest BCUT2D eigenvalue weighted by Gasteiger charge is 2.44. The first-order chi connectivity index (χ1) is 20.5. The van der Waals surface area contributed by atoms with Gasteiger partial charge in [0.2, 0.25) is 0 Å². The van der Waals surface area contributed by atoms with Crippen molar-refractivity contribution in [2.75, 3.05) is 24.1 Å². The first-order valence-corrected chi connectivity index (χ1v) is 14.3. The first-order valence-electron chi connectivity index (χ1n) is 14.3. The lowest BCUT2D eigenvalue weighted by Gasteiger charge is -2.19. The Morgan fingerprint density at radius 1 is 1.00 bits per heavy atom. The van der Waals surface area contributed by atoms with Crippen molar-refractivity contribution >= 4 is 34.4 Å². The van der Waals surface area contributed by atoms with Crippen LogP contribution >= 0.6 is 0 Å². The third-order valence-corrected chi connectivity index (χ3v) is 8.70. The lowest BCUT2D eigenvalue weighted by Crippen LogP contribution is -2.31. The maximum Gasteiger partial charge on any atom is 0.264 e. The Morgan fingerprint density at radius 3 is 2.38 bits per heavy atom. The number of hydrogen-bond acceptors (Lipinski definition) is 7. The molecule has 2 aliphatic carbocycles. The number of nitrogens with one attached hydrogen (secondary N) is 1. The number of nitrogen functional groups attached to an aromatic ring is 1. The summed E-state index contributed by atoms with van der Waals surface area (Å²) in [7, 11) is 0. The van der Waals surface area contributed by atoms with Gasteiger partial charge >= 0.3 is 0 Å². The van der Waals surface area contributed by atoms with Crippen LogP contribution in [0.25, 0.3) is 22.3 Å². The molecule has 2 amide bonds. The van der Waals surface area contributed by atoms with Crippen LogP contribution in [0, 0.1) is 29.1 Å². The third-order valence-electron chi connectivity index (χ3n) is 8.70.